The number of amides is 4. The molecule has 0 radical (unpaired) electrons. The van der Waals surface area contributed by atoms with Crippen molar-refractivity contribution in [3.05, 3.63) is 196 Å². The molecule has 6 heterocycles. The minimum absolute atomic E-state index is 0.0242. The van der Waals surface area contributed by atoms with Gasteiger partial charge in [0.25, 0.3) is 11.8 Å². The molecule has 0 aliphatic carbocycles. The lowest BCUT2D eigenvalue weighted by Crippen LogP contribution is -2.50. The van der Waals surface area contributed by atoms with Crippen molar-refractivity contribution in [3.63, 3.8) is 0 Å². The van der Waals surface area contributed by atoms with Gasteiger partial charge in [0, 0.05) is 135 Å². The molecular formula is C70H97FN10O4. The number of hydrogen-bond donors (Lipinski definition) is 2. The molecule has 85 heavy (non-hydrogen) atoms. The zero-order chi connectivity index (χ0) is 61.7. The van der Waals surface area contributed by atoms with Gasteiger partial charge in [0.1, 0.15) is 5.82 Å². The first kappa shape index (κ1) is 66.8. The SMILES string of the molecule is C/C=C\C.CC.CC(C)C.Cc1cc(C2C(C(=O)NCCN3CCCN(Cc4ccccc4)CC3)c3ccccc3C(=O)N2C)cn1C.Cc1cc(C2C(C(=O)NCCN3CCN(c4ccccc4F)CC3)c3ccccc3C(=O)N2C)cn1C. The number of benzene rings is 4. The lowest BCUT2D eigenvalue weighted by molar-refractivity contribution is -0.125. The Kier molecular flexibility index (Phi) is 25.8. The highest BCUT2D eigenvalue weighted by atomic mass is 19.1. The highest BCUT2D eigenvalue weighted by Crippen LogP contribution is 2.44. The number of hydrogen-bond acceptors (Lipinski definition) is 8. The van der Waals surface area contributed by atoms with Crippen LogP contribution in [0.5, 0.6) is 0 Å². The Morgan fingerprint density at radius 2 is 0.965 bits per heavy atom. The van der Waals surface area contributed by atoms with E-state index in [9.17, 15) is 23.6 Å². The lowest BCUT2D eigenvalue weighted by Gasteiger charge is -2.39. The van der Waals surface area contributed by atoms with Crippen molar-refractivity contribution < 1.29 is 23.6 Å². The lowest BCUT2D eigenvalue weighted by atomic mass is 9.80. The molecule has 4 atom stereocenters. The largest absolute Gasteiger partial charge is 0.367 e. The summed E-state index contributed by atoms with van der Waals surface area (Å²) in [5.41, 5.74) is 8.89. The molecule has 2 saturated heterocycles. The predicted molar refractivity (Wildman–Crippen MR) is 345 cm³/mol. The average Bonchev–Trinajstić information content (AvgIpc) is 4.19. The third kappa shape index (κ3) is 17.6. The first-order chi connectivity index (χ1) is 40.9. The molecule has 4 amide bonds. The monoisotopic (exact) mass is 1160 g/mol. The van der Waals surface area contributed by atoms with Crippen LogP contribution in [0.25, 0.3) is 0 Å². The molecule has 10 rings (SSSR count). The van der Waals surface area contributed by atoms with Crippen LogP contribution in [-0.4, -0.2) is 150 Å². The number of likely N-dealkylation sites (N-methyl/N-ethyl adjacent to an activating group) is 2. The average molecular weight is 1160 g/mol. The van der Waals surface area contributed by atoms with Crippen molar-refractivity contribution in [2.45, 2.75) is 99.2 Å². The number of para-hydroxylation sites is 1. The Morgan fingerprint density at radius 3 is 1.41 bits per heavy atom. The number of nitrogens with one attached hydrogen (secondary N) is 2. The van der Waals surface area contributed by atoms with E-state index in [0.717, 1.165) is 118 Å². The van der Waals surface area contributed by atoms with Gasteiger partial charge < -0.3 is 39.4 Å². The summed E-state index contributed by atoms with van der Waals surface area (Å²) in [6, 6.07) is 35.9. The van der Waals surface area contributed by atoms with Crippen molar-refractivity contribution in [1.29, 1.82) is 0 Å². The van der Waals surface area contributed by atoms with Crippen LogP contribution in [0.1, 0.15) is 139 Å². The maximum atomic E-state index is 14.1. The van der Waals surface area contributed by atoms with Crippen molar-refractivity contribution in [3.8, 4) is 0 Å². The normalized spacial score (nSPS) is 19.0. The minimum Gasteiger partial charge on any atom is -0.367 e. The molecule has 6 aromatic rings. The fourth-order valence-electron chi connectivity index (χ4n) is 11.5. The van der Waals surface area contributed by atoms with Crippen LogP contribution < -0.4 is 15.5 Å². The molecule has 0 spiro atoms. The second-order valence-electron chi connectivity index (χ2n) is 23.1. The zero-order valence-corrected chi connectivity index (χ0v) is 53.2. The summed E-state index contributed by atoms with van der Waals surface area (Å²) in [6.07, 6.45) is 9.17. The van der Waals surface area contributed by atoms with Crippen molar-refractivity contribution in [2.24, 2.45) is 20.0 Å². The van der Waals surface area contributed by atoms with Gasteiger partial charge in [-0.25, -0.2) is 4.39 Å². The summed E-state index contributed by atoms with van der Waals surface area (Å²) >= 11 is 0. The van der Waals surface area contributed by atoms with E-state index < -0.39 is 11.8 Å². The number of anilines is 1. The van der Waals surface area contributed by atoms with Gasteiger partial charge in [-0.15, -0.1) is 0 Å². The molecule has 4 unspecified atom stereocenters. The van der Waals surface area contributed by atoms with Crippen molar-refractivity contribution >= 4 is 29.3 Å². The summed E-state index contributed by atoms with van der Waals surface area (Å²) in [5, 5.41) is 6.38. The fraction of sp³-hybridized carbons (Fsp3) is 0.457. The molecule has 0 saturated carbocycles. The molecule has 0 bridgehead atoms. The summed E-state index contributed by atoms with van der Waals surface area (Å²) in [6.45, 7) is 29.4. The van der Waals surface area contributed by atoms with Gasteiger partial charge >= 0.3 is 0 Å². The first-order valence-electron chi connectivity index (χ1n) is 30.7. The van der Waals surface area contributed by atoms with Gasteiger partial charge in [-0.1, -0.05) is 126 Å². The summed E-state index contributed by atoms with van der Waals surface area (Å²) in [4.78, 5) is 66.6. The summed E-state index contributed by atoms with van der Waals surface area (Å²) in [7, 11) is 7.55. The topological polar surface area (TPSA) is 122 Å². The van der Waals surface area contributed by atoms with Crippen molar-refractivity contribution in [1.82, 2.24) is 44.3 Å². The number of rotatable bonds is 13. The number of aryl methyl sites for hydroxylation is 4. The number of fused-ring (bicyclic) bond motifs is 2. The second-order valence-corrected chi connectivity index (χ2v) is 23.1. The summed E-state index contributed by atoms with van der Waals surface area (Å²) < 4.78 is 18.2. The van der Waals surface area contributed by atoms with Crippen LogP contribution in [0.15, 0.2) is 140 Å². The Morgan fingerprint density at radius 1 is 0.565 bits per heavy atom. The predicted octanol–water partition coefficient (Wildman–Crippen LogP) is 11.2. The van der Waals surface area contributed by atoms with Crippen LogP contribution in [0.2, 0.25) is 0 Å². The third-order valence-electron chi connectivity index (χ3n) is 16.2. The summed E-state index contributed by atoms with van der Waals surface area (Å²) in [5.74, 6) is -0.533. The number of carbonyl (C=O) groups is 4. The molecule has 14 nitrogen and oxygen atoms in total. The van der Waals surface area contributed by atoms with Crippen LogP contribution >= 0.6 is 0 Å². The number of halogens is 1. The van der Waals surface area contributed by atoms with E-state index in [1.165, 1.54) is 11.6 Å². The molecule has 458 valence electrons. The van der Waals surface area contributed by atoms with Gasteiger partial charge in [0.2, 0.25) is 11.8 Å². The third-order valence-corrected chi connectivity index (χ3v) is 16.2. The Labute approximate surface area is 507 Å². The minimum atomic E-state index is -0.501. The van der Waals surface area contributed by atoms with E-state index in [1.807, 2.05) is 151 Å². The molecular weight excluding hydrogens is 1060 g/mol. The number of nitrogens with zero attached hydrogens (tertiary/aromatic N) is 8. The Balaban J connectivity index is 0.000000236. The second kappa shape index (κ2) is 32.8. The maximum Gasteiger partial charge on any atom is 0.254 e. The van der Waals surface area contributed by atoms with E-state index >= 15 is 0 Å². The van der Waals surface area contributed by atoms with Crippen LogP contribution in [-0.2, 0) is 30.2 Å². The van der Waals surface area contributed by atoms with Gasteiger partial charge in [-0.3, -0.25) is 29.0 Å². The van der Waals surface area contributed by atoms with Crippen LogP contribution in [0.3, 0.4) is 0 Å². The van der Waals surface area contributed by atoms with Gasteiger partial charge in [0.15, 0.2) is 0 Å². The van der Waals surface area contributed by atoms with Gasteiger partial charge in [-0.05, 0) is 117 Å². The molecule has 2 fully saturated rings. The van der Waals surface area contributed by atoms with Crippen molar-refractivity contribution in [2.75, 3.05) is 97.5 Å². The fourth-order valence-corrected chi connectivity index (χ4v) is 11.5. The number of allylic oxidation sites excluding steroid dienone is 2. The highest BCUT2D eigenvalue weighted by Gasteiger charge is 2.44. The van der Waals surface area contributed by atoms with Gasteiger partial charge in [0.05, 0.1) is 29.6 Å². The van der Waals surface area contributed by atoms with E-state index in [-0.39, 0.29) is 41.5 Å². The quantitative estimate of drug-likeness (QED) is 0.110. The van der Waals surface area contributed by atoms with Crippen LogP contribution in [0, 0.1) is 25.6 Å². The van der Waals surface area contributed by atoms with E-state index in [1.54, 1.807) is 29.0 Å². The molecule has 2 aromatic heterocycles. The van der Waals surface area contributed by atoms with E-state index in [4.69, 9.17) is 0 Å². The Bertz CT molecular complexity index is 3060. The van der Waals surface area contributed by atoms with E-state index in [0.29, 0.717) is 29.9 Å². The maximum absolute atomic E-state index is 14.1. The molecule has 2 N–H and O–H groups in total. The molecule has 15 heteroatoms. The number of carbonyl (C=O) groups excluding carboxylic acids is 4. The number of piperazine rings is 1. The van der Waals surface area contributed by atoms with E-state index in [2.05, 4.69) is 93.5 Å². The van der Waals surface area contributed by atoms with Gasteiger partial charge in [-0.2, -0.15) is 0 Å². The zero-order valence-electron chi connectivity index (χ0n) is 53.2. The highest BCUT2D eigenvalue weighted by molar-refractivity contribution is 6.02. The molecule has 4 aliphatic heterocycles. The Hall–Kier alpha value is -7.33. The first-order valence-corrected chi connectivity index (χ1v) is 30.7. The standard InChI is InChI=1S/C31H39N5O2.C29H34FN5O2.C4H10.C4H8.C2H6/c1-23-20-25(22-33(23)2)29-28(26-12-7-8-13-27(26)31(38)34(29)3)30(37)32-14-17-35-15-9-16-36(19-18-35)21-24-10-5-4-6-11-24;1-20-18-21(19-32(20)2)27-26(22-8-4-5-9-23(22)29(37)33(27)3)28(36)31-12-13-34-14-16-35(17-15-34)25-11-7-6-10-24(25)30;1-4(2)3;1-3-4-2;1-2/h4-8,10-13,20,22,28-29H,9,14-19,21H2,1-3H3,(H,32,37);4-11,18-19,26-27H,12-17H2,1-3H3,(H,31,36);4H,1-3H3;3-4H,1-2H3;1-2H3/b;;;4-3-;. The number of aromatic nitrogens is 2. The molecule has 4 aliphatic rings. The molecule has 4 aromatic carbocycles. The smallest absolute Gasteiger partial charge is 0.254 e. The van der Waals surface area contributed by atoms with Crippen LogP contribution in [0.4, 0.5) is 10.1 Å².